The summed E-state index contributed by atoms with van der Waals surface area (Å²) in [5, 5.41) is 0. The minimum Gasteiger partial charge on any atom is -0.306 e. The maximum Gasteiger partial charge on any atom is -0.00159 e. The van der Waals surface area contributed by atoms with Gasteiger partial charge >= 0.3 is 0 Å². The highest BCUT2D eigenvalue weighted by atomic mass is 15.1. The fourth-order valence-corrected chi connectivity index (χ4v) is 2.92. The zero-order valence-electron chi connectivity index (χ0n) is 12.6. The van der Waals surface area contributed by atoms with Crippen LogP contribution in [-0.4, -0.2) is 25.0 Å². The van der Waals surface area contributed by atoms with Gasteiger partial charge in [0.25, 0.3) is 0 Å². The molecule has 0 amide bonds. The predicted octanol–water partition coefficient (Wildman–Crippen LogP) is 4.10. The molecule has 0 radical (unpaired) electrons. The monoisotopic (exact) mass is 245 g/mol. The van der Waals surface area contributed by atoms with Gasteiger partial charge in [0.15, 0.2) is 0 Å². The van der Waals surface area contributed by atoms with E-state index in [1.165, 1.54) is 37.1 Å². The van der Waals surface area contributed by atoms with E-state index in [-0.39, 0.29) is 5.41 Å². The molecule has 0 spiro atoms. The van der Waals surface area contributed by atoms with Crippen LogP contribution in [0.2, 0.25) is 0 Å². The number of piperidine rings is 1. The molecule has 1 aliphatic heterocycles. The first-order valence-electron chi connectivity index (χ1n) is 7.17. The Morgan fingerprint density at radius 2 is 1.72 bits per heavy atom. The lowest BCUT2D eigenvalue weighted by atomic mass is 9.81. The average Bonchev–Trinajstić information content (AvgIpc) is 2.29. The molecule has 0 unspecified atom stereocenters. The number of hydrogen-bond donors (Lipinski definition) is 0. The van der Waals surface area contributed by atoms with Crippen LogP contribution in [0, 0.1) is 6.92 Å². The zero-order valence-corrected chi connectivity index (χ0v) is 12.6. The summed E-state index contributed by atoms with van der Waals surface area (Å²) in [7, 11) is 2.23. The number of nitrogens with zero attached hydrogens (tertiary/aromatic N) is 1. The summed E-state index contributed by atoms with van der Waals surface area (Å²) in [4.78, 5) is 2.44. The molecule has 0 atom stereocenters. The van der Waals surface area contributed by atoms with Gasteiger partial charge in [0.2, 0.25) is 0 Å². The van der Waals surface area contributed by atoms with E-state index < -0.39 is 0 Å². The first kappa shape index (κ1) is 13.6. The second-order valence-corrected chi connectivity index (χ2v) is 6.90. The summed E-state index contributed by atoms with van der Waals surface area (Å²) < 4.78 is 0. The summed E-state index contributed by atoms with van der Waals surface area (Å²) in [5.41, 5.74) is 4.78. The van der Waals surface area contributed by atoms with E-state index in [1.807, 2.05) is 0 Å². The van der Waals surface area contributed by atoms with E-state index in [9.17, 15) is 0 Å². The standard InChI is InChI=1S/C17H27N/c1-13-12-15(17(2,3)4)6-7-16(13)14-8-10-18(5)11-9-14/h6-7,12,14H,8-11H2,1-5H3. The van der Waals surface area contributed by atoms with Gasteiger partial charge in [-0.1, -0.05) is 39.0 Å². The molecule has 1 heteroatoms. The van der Waals surface area contributed by atoms with E-state index >= 15 is 0 Å². The summed E-state index contributed by atoms with van der Waals surface area (Å²) in [5.74, 6) is 0.773. The Balaban J connectivity index is 2.20. The van der Waals surface area contributed by atoms with E-state index in [2.05, 4.69) is 57.8 Å². The molecular formula is C17H27N. The van der Waals surface area contributed by atoms with Gasteiger partial charge in [-0.15, -0.1) is 0 Å². The molecule has 0 aliphatic carbocycles. The Morgan fingerprint density at radius 1 is 1.11 bits per heavy atom. The van der Waals surface area contributed by atoms with E-state index in [0.717, 1.165) is 5.92 Å². The Hall–Kier alpha value is -0.820. The molecule has 1 aromatic rings. The van der Waals surface area contributed by atoms with E-state index in [4.69, 9.17) is 0 Å². The lowest BCUT2D eigenvalue weighted by molar-refractivity contribution is 0.255. The quantitative estimate of drug-likeness (QED) is 0.720. The van der Waals surface area contributed by atoms with Crippen molar-refractivity contribution in [3.05, 3.63) is 34.9 Å². The second kappa shape index (κ2) is 5.05. The van der Waals surface area contributed by atoms with Crippen LogP contribution < -0.4 is 0 Å². The fraction of sp³-hybridized carbons (Fsp3) is 0.647. The van der Waals surface area contributed by atoms with E-state index in [1.54, 1.807) is 5.56 Å². The van der Waals surface area contributed by atoms with Gasteiger partial charge in [-0.3, -0.25) is 0 Å². The van der Waals surface area contributed by atoms with Gasteiger partial charge in [0.1, 0.15) is 0 Å². The van der Waals surface area contributed by atoms with Crippen molar-refractivity contribution in [3.63, 3.8) is 0 Å². The number of benzene rings is 1. The maximum atomic E-state index is 2.44. The van der Waals surface area contributed by atoms with Crippen LogP contribution in [0.15, 0.2) is 18.2 Å². The number of aryl methyl sites for hydroxylation is 1. The van der Waals surface area contributed by atoms with Crippen LogP contribution >= 0.6 is 0 Å². The molecule has 18 heavy (non-hydrogen) atoms. The summed E-state index contributed by atoms with van der Waals surface area (Å²) in [6.07, 6.45) is 2.62. The van der Waals surface area contributed by atoms with Crippen molar-refractivity contribution in [2.24, 2.45) is 0 Å². The van der Waals surface area contributed by atoms with Crippen LogP contribution in [0.5, 0.6) is 0 Å². The lowest BCUT2D eigenvalue weighted by Crippen LogP contribution is -2.29. The zero-order chi connectivity index (χ0) is 13.3. The minimum absolute atomic E-state index is 0.260. The third-order valence-electron chi connectivity index (χ3n) is 4.29. The summed E-state index contributed by atoms with van der Waals surface area (Å²) in [6, 6.07) is 7.11. The van der Waals surface area contributed by atoms with Gasteiger partial charge in [-0.2, -0.15) is 0 Å². The molecular weight excluding hydrogens is 218 g/mol. The van der Waals surface area contributed by atoms with Crippen molar-refractivity contribution in [1.29, 1.82) is 0 Å². The molecule has 0 bridgehead atoms. The highest BCUT2D eigenvalue weighted by Gasteiger charge is 2.21. The van der Waals surface area contributed by atoms with Crippen molar-refractivity contribution in [1.82, 2.24) is 4.90 Å². The molecule has 2 rings (SSSR count). The Kier molecular flexibility index (Phi) is 3.82. The Morgan fingerprint density at radius 3 is 2.22 bits per heavy atom. The first-order valence-corrected chi connectivity index (χ1v) is 7.17. The van der Waals surface area contributed by atoms with Gasteiger partial charge in [0.05, 0.1) is 0 Å². The molecule has 100 valence electrons. The molecule has 0 N–H and O–H groups in total. The van der Waals surface area contributed by atoms with Crippen molar-refractivity contribution < 1.29 is 0 Å². The molecule has 1 saturated heterocycles. The van der Waals surface area contributed by atoms with Crippen molar-refractivity contribution >= 4 is 0 Å². The Bertz CT molecular complexity index is 406. The van der Waals surface area contributed by atoms with E-state index in [0.29, 0.717) is 0 Å². The van der Waals surface area contributed by atoms with Gasteiger partial charge in [0, 0.05) is 0 Å². The SMILES string of the molecule is Cc1cc(C(C)(C)C)ccc1C1CCN(C)CC1. The fourth-order valence-electron chi connectivity index (χ4n) is 2.92. The predicted molar refractivity (Wildman–Crippen MR) is 79.4 cm³/mol. The van der Waals surface area contributed by atoms with Crippen LogP contribution in [0.3, 0.4) is 0 Å². The summed E-state index contributed by atoms with van der Waals surface area (Å²) >= 11 is 0. The Labute approximate surface area is 112 Å². The number of hydrogen-bond acceptors (Lipinski definition) is 1. The highest BCUT2D eigenvalue weighted by molar-refractivity contribution is 5.36. The molecule has 1 nitrogen and oxygen atoms in total. The maximum absolute atomic E-state index is 2.44. The van der Waals surface area contributed by atoms with Gasteiger partial charge < -0.3 is 4.90 Å². The van der Waals surface area contributed by atoms with Gasteiger partial charge in [-0.05, 0) is 67.9 Å². The third-order valence-corrected chi connectivity index (χ3v) is 4.29. The topological polar surface area (TPSA) is 3.24 Å². The minimum atomic E-state index is 0.260. The van der Waals surface area contributed by atoms with Crippen LogP contribution in [0.4, 0.5) is 0 Å². The summed E-state index contributed by atoms with van der Waals surface area (Å²) in [6.45, 7) is 11.6. The van der Waals surface area contributed by atoms with Crippen molar-refractivity contribution in [3.8, 4) is 0 Å². The highest BCUT2D eigenvalue weighted by Crippen LogP contribution is 2.32. The number of likely N-dealkylation sites (tertiary alicyclic amines) is 1. The molecule has 1 fully saturated rings. The lowest BCUT2D eigenvalue weighted by Gasteiger charge is -2.30. The van der Waals surface area contributed by atoms with Crippen LogP contribution in [-0.2, 0) is 5.41 Å². The molecule has 1 aliphatic rings. The molecule has 0 aromatic heterocycles. The molecule has 1 aromatic carbocycles. The van der Waals surface area contributed by atoms with Gasteiger partial charge in [-0.25, -0.2) is 0 Å². The second-order valence-electron chi connectivity index (χ2n) is 6.90. The third kappa shape index (κ3) is 2.95. The smallest absolute Gasteiger partial charge is 0.00159 e. The number of rotatable bonds is 1. The van der Waals surface area contributed by atoms with Crippen molar-refractivity contribution in [2.45, 2.75) is 51.9 Å². The first-order chi connectivity index (χ1) is 8.38. The average molecular weight is 245 g/mol. The van der Waals surface area contributed by atoms with Crippen LogP contribution in [0.25, 0.3) is 0 Å². The van der Waals surface area contributed by atoms with Crippen LogP contribution in [0.1, 0.15) is 56.2 Å². The van der Waals surface area contributed by atoms with Crippen molar-refractivity contribution in [2.75, 3.05) is 20.1 Å². The molecule has 0 saturated carbocycles. The largest absolute Gasteiger partial charge is 0.306 e. The molecule has 1 heterocycles. The normalized spacial score (nSPS) is 19.2.